The maximum atomic E-state index is 12.5. The van der Waals surface area contributed by atoms with Crippen molar-refractivity contribution in [2.24, 2.45) is 0 Å². The molecule has 0 aliphatic rings. The van der Waals surface area contributed by atoms with E-state index in [9.17, 15) is 13.2 Å². The maximum absolute atomic E-state index is 12.5. The second kappa shape index (κ2) is 5.75. The molecule has 0 atom stereocenters. The highest BCUT2D eigenvalue weighted by Gasteiger charge is 2.18. The van der Waals surface area contributed by atoms with Gasteiger partial charge in [0.25, 0.3) is 5.78 Å². The van der Waals surface area contributed by atoms with Crippen LogP contribution in [-0.4, -0.2) is 33.0 Å². The second-order valence-corrected chi connectivity index (χ2v) is 7.55. The minimum Gasteiger partial charge on any atom is -0.408 e. The molecule has 4 rings (SSSR count). The van der Waals surface area contributed by atoms with E-state index < -0.39 is 15.8 Å². The van der Waals surface area contributed by atoms with Crippen molar-refractivity contribution in [1.29, 1.82) is 0 Å². The Morgan fingerprint density at radius 2 is 2.04 bits per heavy atom. The Morgan fingerprint density at radius 3 is 2.85 bits per heavy atom. The van der Waals surface area contributed by atoms with Gasteiger partial charge in [0.15, 0.2) is 11.4 Å². The van der Waals surface area contributed by atoms with Gasteiger partial charge in [-0.1, -0.05) is 0 Å². The molecule has 0 aliphatic heterocycles. The molecule has 0 amide bonds. The molecule has 10 nitrogen and oxygen atoms in total. The van der Waals surface area contributed by atoms with Crippen molar-refractivity contribution in [3.05, 3.63) is 52.0 Å². The van der Waals surface area contributed by atoms with Gasteiger partial charge in [-0.3, -0.25) is 9.38 Å². The van der Waals surface area contributed by atoms with Crippen molar-refractivity contribution in [2.75, 3.05) is 0 Å². The molecule has 3 aromatic heterocycles. The molecule has 0 fully saturated rings. The quantitative estimate of drug-likeness (QED) is 0.535. The molecule has 4 aromatic rings. The fraction of sp³-hybridized carbons (Fsp3) is 0.200. The van der Waals surface area contributed by atoms with Crippen LogP contribution in [0.5, 0.6) is 0 Å². The molecule has 3 heterocycles. The summed E-state index contributed by atoms with van der Waals surface area (Å²) in [4.78, 5) is 17.9. The normalized spacial score (nSPS) is 12.2. The molecule has 2 N–H and O–H groups in total. The first kappa shape index (κ1) is 16.4. The monoisotopic (exact) mass is 374 g/mol. The Kier molecular flexibility index (Phi) is 3.63. The van der Waals surface area contributed by atoms with Crippen LogP contribution in [0.25, 0.3) is 16.9 Å². The average Bonchev–Trinajstić information content (AvgIpc) is 3.14. The summed E-state index contributed by atoms with van der Waals surface area (Å²) in [7, 11) is -3.84. The molecule has 134 valence electrons. The van der Waals surface area contributed by atoms with E-state index in [4.69, 9.17) is 4.42 Å². The SMILES string of the molecule is Cc1cc(C)n2c(CNS(=O)(=O)c3ccc4[nH]c(=O)oc4c3)nnc2n1. The summed E-state index contributed by atoms with van der Waals surface area (Å²) in [6.07, 6.45) is 0. The second-order valence-electron chi connectivity index (χ2n) is 5.79. The minimum atomic E-state index is -3.84. The molecule has 0 saturated heterocycles. The lowest BCUT2D eigenvalue weighted by Crippen LogP contribution is -2.24. The van der Waals surface area contributed by atoms with Gasteiger partial charge in [-0.25, -0.2) is 22.9 Å². The van der Waals surface area contributed by atoms with E-state index in [2.05, 4.69) is 24.9 Å². The summed E-state index contributed by atoms with van der Waals surface area (Å²) in [6.45, 7) is 3.65. The number of nitrogens with one attached hydrogen (secondary N) is 2. The number of fused-ring (bicyclic) bond motifs is 2. The van der Waals surface area contributed by atoms with Crippen molar-refractivity contribution < 1.29 is 12.8 Å². The Bertz CT molecular complexity index is 1300. The van der Waals surface area contributed by atoms with Crippen molar-refractivity contribution in [1.82, 2.24) is 29.3 Å². The number of rotatable bonds is 4. The molecule has 0 saturated carbocycles. The third kappa shape index (κ3) is 2.76. The van der Waals surface area contributed by atoms with E-state index in [1.807, 2.05) is 19.9 Å². The molecule has 26 heavy (non-hydrogen) atoms. The zero-order valence-corrected chi connectivity index (χ0v) is 14.7. The zero-order chi connectivity index (χ0) is 18.5. The first-order chi connectivity index (χ1) is 12.3. The van der Waals surface area contributed by atoms with Crippen molar-refractivity contribution >= 4 is 26.9 Å². The van der Waals surface area contributed by atoms with Crippen molar-refractivity contribution in [3.8, 4) is 0 Å². The number of aryl methyl sites for hydroxylation is 2. The van der Waals surface area contributed by atoms with Gasteiger partial charge in [0.2, 0.25) is 10.0 Å². The van der Waals surface area contributed by atoms with Crippen LogP contribution in [0.2, 0.25) is 0 Å². The van der Waals surface area contributed by atoms with Gasteiger partial charge in [0.1, 0.15) is 0 Å². The van der Waals surface area contributed by atoms with Gasteiger partial charge in [-0.2, -0.15) is 0 Å². The Hall–Kier alpha value is -3.05. The average molecular weight is 374 g/mol. The van der Waals surface area contributed by atoms with E-state index in [0.717, 1.165) is 11.4 Å². The molecule has 0 bridgehead atoms. The van der Waals surface area contributed by atoms with Crippen molar-refractivity contribution in [2.45, 2.75) is 25.3 Å². The van der Waals surface area contributed by atoms with Crippen LogP contribution in [0, 0.1) is 13.8 Å². The van der Waals surface area contributed by atoms with E-state index in [0.29, 0.717) is 17.1 Å². The van der Waals surface area contributed by atoms with Crippen LogP contribution in [0.15, 0.2) is 38.4 Å². The fourth-order valence-corrected chi connectivity index (χ4v) is 3.74. The van der Waals surface area contributed by atoms with Gasteiger partial charge in [-0.05, 0) is 32.0 Å². The number of aromatic nitrogens is 5. The minimum absolute atomic E-state index is 0.0211. The van der Waals surface area contributed by atoms with Crippen molar-refractivity contribution in [3.63, 3.8) is 0 Å². The number of hydrogen-bond acceptors (Lipinski definition) is 7. The topological polar surface area (TPSA) is 135 Å². The van der Waals surface area contributed by atoms with Crippen LogP contribution >= 0.6 is 0 Å². The fourth-order valence-electron chi connectivity index (χ4n) is 2.75. The highest BCUT2D eigenvalue weighted by atomic mass is 32.2. The molecule has 0 radical (unpaired) electrons. The largest absolute Gasteiger partial charge is 0.417 e. The number of oxazole rings is 1. The predicted octanol–water partition coefficient (Wildman–Crippen LogP) is 0.654. The number of sulfonamides is 1. The number of H-pyrrole nitrogens is 1. The van der Waals surface area contributed by atoms with E-state index in [1.165, 1.54) is 18.2 Å². The van der Waals surface area contributed by atoms with Crippen LogP contribution in [-0.2, 0) is 16.6 Å². The third-order valence-electron chi connectivity index (χ3n) is 3.88. The number of hydrogen-bond donors (Lipinski definition) is 2. The summed E-state index contributed by atoms with van der Waals surface area (Å²) >= 11 is 0. The highest BCUT2D eigenvalue weighted by molar-refractivity contribution is 7.89. The van der Waals surface area contributed by atoms with Crippen LogP contribution in [0.3, 0.4) is 0 Å². The molecule has 0 spiro atoms. The Balaban J connectivity index is 1.65. The Morgan fingerprint density at radius 1 is 1.23 bits per heavy atom. The summed E-state index contributed by atoms with van der Waals surface area (Å²) in [5, 5.41) is 7.98. The lowest BCUT2D eigenvalue weighted by atomic mass is 10.3. The van der Waals surface area contributed by atoms with Gasteiger partial charge >= 0.3 is 5.76 Å². The molecular weight excluding hydrogens is 360 g/mol. The zero-order valence-electron chi connectivity index (χ0n) is 13.8. The van der Waals surface area contributed by atoms with E-state index in [-0.39, 0.29) is 17.0 Å². The maximum Gasteiger partial charge on any atom is 0.417 e. The van der Waals surface area contributed by atoms with E-state index >= 15 is 0 Å². The molecule has 0 unspecified atom stereocenters. The third-order valence-corrected chi connectivity index (χ3v) is 5.28. The first-order valence-electron chi connectivity index (χ1n) is 7.64. The summed E-state index contributed by atoms with van der Waals surface area (Å²) in [5.74, 6) is 0.186. The predicted molar refractivity (Wildman–Crippen MR) is 91.1 cm³/mol. The number of benzene rings is 1. The van der Waals surface area contributed by atoms with Gasteiger partial charge < -0.3 is 4.42 Å². The lowest BCUT2D eigenvalue weighted by Gasteiger charge is -2.07. The molecule has 11 heteroatoms. The van der Waals surface area contributed by atoms with Gasteiger partial charge in [-0.15, -0.1) is 10.2 Å². The smallest absolute Gasteiger partial charge is 0.408 e. The molecular formula is C15H14N6O4S. The lowest BCUT2D eigenvalue weighted by molar-refractivity contribution is 0.553. The molecule has 0 aliphatic carbocycles. The highest BCUT2D eigenvalue weighted by Crippen LogP contribution is 2.17. The Labute approximate surface area is 146 Å². The molecule has 1 aromatic carbocycles. The standard InChI is InChI=1S/C15H14N6O4S/c1-8-5-9(2)21-13(19-20-14(21)17-8)7-16-26(23,24)10-3-4-11-12(6-10)25-15(22)18-11/h3-6,16H,7H2,1-2H3,(H,18,22). The summed E-state index contributed by atoms with van der Waals surface area (Å²) in [6, 6.07) is 6.00. The van der Waals surface area contributed by atoms with Crippen LogP contribution in [0.4, 0.5) is 0 Å². The summed E-state index contributed by atoms with van der Waals surface area (Å²) in [5.41, 5.74) is 2.24. The van der Waals surface area contributed by atoms with E-state index in [1.54, 1.807) is 4.40 Å². The van der Waals surface area contributed by atoms with Gasteiger partial charge in [0, 0.05) is 17.5 Å². The van der Waals surface area contributed by atoms with Gasteiger partial charge in [0.05, 0.1) is 17.0 Å². The van der Waals surface area contributed by atoms with Crippen LogP contribution in [0.1, 0.15) is 17.2 Å². The number of aromatic amines is 1. The summed E-state index contributed by atoms with van der Waals surface area (Å²) < 4.78 is 34.1. The number of nitrogens with zero attached hydrogens (tertiary/aromatic N) is 4. The van der Waals surface area contributed by atoms with Crippen LogP contribution < -0.4 is 10.5 Å². The first-order valence-corrected chi connectivity index (χ1v) is 9.12.